The average Bonchev–Trinajstić information content (AvgIpc) is 2.69. The maximum atomic E-state index is 14.2. The van der Waals surface area contributed by atoms with Crippen molar-refractivity contribution in [2.45, 2.75) is 57.8 Å². The lowest BCUT2D eigenvalue weighted by molar-refractivity contribution is 0.304. The monoisotopic (exact) mass is 401 g/mol. The third-order valence-electron chi connectivity index (χ3n) is 5.70. The second-order valence-electron chi connectivity index (χ2n) is 7.47. The normalized spacial score (nSPS) is 19.5. The molecule has 0 heterocycles. The van der Waals surface area contributed by atoms with Crippen molar-refractivity contribution in [1.29, 1.82) is 0 Å². The zero-order valence-corrected chi connectivity index (χ0v) is 17.3. The van der Waals surface area contributed by atoms with Gasteiger partial charge in [-0.05, 0) is 78.6 Å². The molecule has 0 unspecified atom stereocenters. The van der Waals surface area contributed by atoms with Crippen LogP contribution in [0.3, 0.4) is 0 Å². The summed E-state index contributed by atoms with van der Waals surface area (Å²) in [7, 11) is 0. The van der Waals surface area contributed by atoms with Crippen molar-refractivity contribution in [3.63, 3.8) is 0 Å². The summed E-state index contributed by atoms with van der Waals surface area (Å²) in [5.74, 6) is 1.08. The van der Waals surface area contributed by atoms with E-state index >= 15 is 0 Å². The van der Waals surface area contributed by atoms with Gasteiger partial charge in [-0.15, -0.1) is 0 Å². The minimum Gasteiger partial charge on any atom is -0.205 e. The van der Waals surface area contributed by atoms with Crippen LogP contribution in [-0.4, -0.2) is 5.16 Å². The number of aliphatic imine (C=N–C) groups is 1. The number of nitrogens with zero attached hydrogens (tertiary/aromatic N) is 1. The van der Waals surface area contributed by atoms with E-state index in [9.17, 15) is 4.39 Å². The zero-order chi connectivity index (χ0) is 19.2. The maximum Gasteiger partial charge on any atom is 0.151 e. The first-order chi connectivity index (χ1) is 13.1. The Balaban J connectivity index is 1.70. The Labute approximate surface area is 171 Å². The van der Waals surface area contributed by atoms with Crippen LogP contribution in [0.4, 0.5) is 10.1 Å². The van der Waals surface area contributed by atoms with E-state index in [0.29, 0.717) is 5.92 Å². The second-order valence-corrected chi connectivity index (χ2v) is 8.06. The van der Waals surface area contributed by atoms with Gasteiger partial charge < -0.3 is 0 Å². The average molecular weight is 402 g/mol. The van der Waals surface area contributed by atoms with Gasteiger partial charge in [-0.1, -0.05) is 62.1 Å². The van der Waals surface area contributed by atoms with Crippen molar-refractivity contribution >= 4 is 34.7 Å². The standard InChI is InChI=1S/C23H25ClFNS/c1-2-3-4-16-5-7-17(8-6-16)18-9-11-19(12-10-18)20-13-21(24)23(26-15-27)22(25)14-20/h9-14,16-17H,2-8H2,1H3. The highest BCUT2D eigenvalue weighted by atomic mass is 35.5. The Morgan fingerprint density at radius 3 is 2.41 bits per heavy atom. The lowest BCUT2D eigenvalue weighted by Gasteiger charge is -2.29. The number of isothiocyanates is 1. The molecular weight excluding hydrogens is 377 g/mol. The summed E-state index contributed by atoms with van der Waals surface area (Å²) in [4.78, 5) is 3.70. The first kappa shape index (κ1) is 20.2. The number of hydrogen-bond acceptors (Lipinski definition) is 2. The van der Waals surface area contributed by atoms with Gasteiger partial charge in [-0.2, -0.15) is 4.99 Å². The smallest absolute Gasteiger partial charge is 0.151 e. The van der Waals surface area contributed by atoms with Gasteiger partial charge in [0.15, 0.2) is 5.82 Å². The van der Waals surface area contributed by atoms with Gasteiger partial charge in [0.1, 0.15) is 5.69 Å². The van der Waals surface area contributed by atoms with E-state index in [2.05, 4.69) is 53.6 Å². The third-order valence-corrected chi connectivity index (χ3v) is 6.08. The minimum atomic E-state index is -0.482. The van der Waals surface area contributed by atoms with Gasteiger partial charge >= 0.3 is 0 Å². The molecule has 1 fully saturated rings. The van der Waals surface area contributed by atoms with Gasteiger partial charge in [-0.25, -0.2) is 4.39 Å². The van der Waals surface area contributed by atoms with E-state index in [0.717, 1.165) is 17.0 Å². The summed E-state index contributed by atoms with van der Waals surface area (Å²) in [6.45, 7) is 2.27. The molecule has 2 aromatic rings. The van der Waals surface area contributed by atoms with E-state index < -0.39 is 5.82 Å². The largest absolute Gasteiger partial charge is 0.205 e. The van der Waals surface area contributed by atoms with Gasteiger partial charge in [0, 0.05) is 0 Å². The van der Waals surface area contributed by atoms with Crippen molar-refractivity contribution in [3.05, 3.63) is 52.8 Å². The Bertz CT molecular complexity index is 796. The summed E-state index contributed by atoms with van der Waals surface area (Å²) in [6.07, 6.45) is 9.28. The fourth-order valence-electron chi connectivity index (χ4n) is 4.11. The SMILES string of the molecule is CCCCC1CCC(c2ccc(-c3cc(F)c(N=C=S)c(Cl)c3)cc2)CC1. The van der Waals surface area contributed by atoms with Crippen LogP contribution in [0.5, 0.6) is 0 Å². The van der Waals surface area contributed by atoms with Gasteiger partial charge in [0.25, 0.3) is 0 Å². The first-order valence-corrected chi connectivity index (χ1v) is 10.6. The molecule has 0 aliphatic heterocycles. The van der Waals surface area contributed by atoms with Gasteiger partial charge in [0.05, 0.1) is 10.2 Å². The second kappa shape index (κ2) is 9.59. The number of hydrogen-bond donors (Lipinski definition) is 0. The highest BCUT2D eigenvalue weighted by Crippen LogP contribution is 2.39. The Morgan fingerprint density at radius 1 is 1.11 bits per heavy atom. The van der Waals surface area contributed by atoms with Crippen molar-refractivity contribution < 1.29 is 4.39 Å². The zero-order valence-electron chi connectivity index (χ0n) is 15.7. The van der Waals surface area contributed by atoms with Crippen LogP contribution in [0.25, 0.3) is 11.1 Å². The minimum absolute atomic E-state index is 0.0480. The predicted molar refractivity (Wildman–Crippen MR) is 116 cm³/mol. The highest BCUT2D eigenvalue weighted by molar-refractivity contribution is 7.78. The van der Waals surface area contributed by atoms with Crippen molar-refractivity contribution in [2.75, 3.05) is 0 Å². The van der Waals surface area contributed by atoms with Crippen LogP contribution in [-0.2, 0) is 0 Å². The molecule has 0 saturated heterocycles. The van der Waals surface area contributed by atoms with E-state index in [1.54, 1.807) is 6.07 Å². The molecule has 142 valence electrons. The number of halogens is 2. The molecule has 3 rings (SSSR count). The topological polar surface area (TPSA) is 12.4 Å². The van der Waals surface area contributed by atoms with E-state index in [1.165, 1.54) is 56.6 Å². The Morgan fingerprint density at radius 2 is 1.81 bits per heavy atom. The van der Waals surface area contributed by atoms with Crippen molar-refractivity contribution in [1.82, 2.24) is 0 Å². The van der Waals surface area contributed by atoms with Crippen LogP contribution in [0.15, 0.2) is 41.4 Å². The molecule has 0 atom stereocenters. The molecule has 0 radical (unpaired) electrons. The molecule has 0 amide bonds. The van der Waals surface area contributed by atoms with Gasteiger partial charge in [-0.3, -0.25) is 0 Å². The van der Waals surface area contributed by atoms with Crippen LogP contribution in [0, 0.1) is 11.7 Å². The highest BCUT2D eigenvalue weighted by Gasteiger charge is 2.22. The molecule has 1 saturated carbocycles. The maximum absolute atomic E-state index is 14.2. The summed E-state index contributed by atoms with van der Waals surface area (Å²) in [6, 6.07) is 11.7. The first-order valence-electron chi connectivity index (χ1n) is 9.79. The Kier molecular flexibility index (Phi) is 7.18. The number of thiocarbonyl (C=S) groups is 1. The molecule has 27 heavy (non-hydrogen) atoms. The van der Waals surface area contributed by atoms with Crippen LogP contribution in [0.2, 0.25) is 5.02 Å². The fourth-order valence-corrected chi connectivity index (χ4v) is 4.45. The molecule has 0 aromatic heterocycles. The lowest BCUT2D eigenvalue weighted by atomic mass is 9.77. The van der Waals surface area contributed by atoms with Crippen LogP contribution < -0.4 is 0 Å². The number of benzene rings is 2. The lowest BCUT2D eigenvalue weighted by Crippen LogP contribution is -2.13. The van der Waals surface area contributed by atoms with Gasteiger partial charge in [0.2, 0.25) is 0 Å². The summed E-state index contributed by atoms with van der Waals surface area (Å²) in [5, 5.41) is 2.41. The van der Waals surface area contributed by atoms with Crippen molar-refractivity contribution in [2.24, 2.45) is 10.9 Å². The quantitative estimate of drug-likeness (QED) is 0.350. The molecule has 4 heteroatoms. The number of rotatable bonds is 6. The predicted octanol–water partition coefficient (Wildman–Crippen LogP) is 8.34. The summed E-state index contributed by atoms with van der Waals surface area (Å²) >= 11 is 10.7. The molecule has 0 N–H and O–H groups in total. The molecule has 1 aliphatic rings. The Hall–Kier alpha value is -1.54. The molecule has 2 aromatic carbocycles. The van der Waals surface area contributed by atoms with Crippen molar-refractivity contribution in [3.8, 4) is 11.1 Å². The number of unbranched alkanes of at least 4 members (excludes halogenated alkanes) is 1. The third kappa shape index (κ3) is 5.04. The molecular formula is C23H25ClFNS. The fraction of sp³-hybridized carbons (Fsp3) is 0.435. The molecule has 1 aliphatic carbocycles. The molecule has 0 bridgehead atoms. The molecule has 1 nitrogen and oxygen atoms in total. The van der Waals surface area contributed by atoms with E-state index in [4.69, 9.17) is 11.6 Å². The summed E-state index contributed by atoms with van der Waals surface area (Å²) < 4.78 is 14.2. The summed E-state index contributed by atoms with van der Waals surface area (Å²) in [5.41, 5.74) is 3.14. The van der Waals surface area contributed by atoms with Crippen LogP contribution >= 0.6 is 23.8 Å². The molecule has 0 spiro atoms. The van der Waals surface area contributed by atoms with E-state index in [-0.39, 0.29) is 10.7 Å². The van der Waals surface area contributed by atoms with E-state index in [1.807, 2.05) is 0 Å². The van der Waals surface area contributed by atoms with Crippen LogP contribution in [0.1, 0.15) is 63.4 Å².